The summed E-state index contributed by atoms with van der Waals surface area (Å²) in [6.07, 6.45) is 1.45. The maximum Gasteiger partial charge on any atom is 0.344 e. The number of nitrogens with one attached hydrogen (secondary N) is 1. The first-order valence-electron chi connectivity index (χ1n) is 9.62. The van der Waals surface area contributed by atoms with Gasteiger partial charge in [0.25, 0.3) is 5.91 Å². The van der Waals surface area contributed by atoms with Crippen LogP contribution in [0.2, 0.25) is 0 Å². The van der Waals surface area contributed by atoms with E-state index in [1.54, 1.807) is 31.2 Å². The quantitative estimate of drug-likeness (QED) is 0.314. The van der Waals surface area contributed by atoms with Gasteiger partial charge in [-0.3, -0.25) is 4.79 Å². The standard InChI is InChI=1S/C23H23BrN2O5/c1-4-29-20-11-16(19(24)12-21(20)31-14-22(27)30-5-2)10-17(13-25)23(28)26-18-8-6-15(3)7-9-18/h6-12H,4-5,14H2,1-3H3,(H,26,28)/b17-10+. The van der Waals surface area contributed by atoms with Gasteiger partial charge in [-0.15, -0.1) is 0 Å². The number of nitriles is 1. The highest BCUT2D eigenvalue weighted by molar-refractivity contribution is 9.10. The van der Waals surface area contributed by atoms with Crippen LogP contribution in [0.1, 0.15) is 25.0 Å². The van der Waals surface area contributed by atoms with E-state index in [0.29, 0.717) is 33.8 Å². The average molecular weight is 487 g/mol. The van der Waals surface area contributed by atoms with E-state index in [2.05, 4.69) is 21.2 Å². The summed E-state index contributed by atoms with van der Waals surface area (Å²) in [5.74, 6) is -0.317. The normalized spacial score (nSPS) is 10.7. The van der Waals surface area contributed by atoms with Crippen LogP contribution in [0.5, 0.6) is 11.5 Å². The van der Waals surface area contributed by atoms with Gasteiger partial charge in [-0.25, -0.2) is 4.79 Å². The van der Waals surface area contributed by atoms with Crippen LogP contribution in [0.25, 0.3) is 6.08 Å². The summed E-state index contributed by atoms with van der Waals surface area (Å²) in [7, 11) is 0. The summed E-state index contributed by atoms with van der Waals surface area (Å²) in [4.78, 5) is 24.1. The molecule has 0 bridgehead atoms. The van der Waals surface area contributed by atoms with Gasteiger partial charge < -0.3 is 19.5 Å². The van der Waals surface area contributed by atoms with Gasteiger partial charge in [-0.1, -0.05) is 33.6 Å². The highest BCUT2D eigenvalue weighted by Gasteiger charge is 2.15. The van der Waals surface area contributed by atoms with E-state index in [4.69, 9.17) is 14.2 Å². The number of nitrogens with zero attached hydrogens (tertiary/aromatic N) is 1. The molecule has 8 heteroatoms. The van der Waals surface area contributed by atoms with Crippen molar-refractivity contribution in [1.82, 2.24) is 0 Å². The topological polar surface area (TPSA) is 97.7 Å². The lowest BCUT2D eigenvalue weighted by molar-refractivity contribution is -0.145. The van der Waals surface area contributed by atoms with Gasteiger partial charge in [0.2, 0.25) is 0 Å². The molecule has 0 aliphatic rings. The number of hydrogen-bond acceptors (Lipinski definition) is 6. The van der Waals surface area contributed by atoms with Gasteiger partial charge in [0.15, 0.2) is 18.1 Å². The molecule has 0 heterocycles. The largest absolute Gasteiger partial charge is 0.490 e. The molecule has 2 rings (SSSR count). The zero-order chi connectivity index (χ0) is 22.8. The number of aryl methyl sites for hydroxylation is 1. The average Bonchev–Trinajstić information content (AvgIpc) is 2.74. The zero-order valence-corrected chi connectivity index (χ0v) is 19.1. The molecule has 0 spiro atoms. The summed E-state index contributed by atoms with van der Waals surface area (Å²) in [5, 5.41) is 12.2. The molecule has 0 aliphatic heterocycles. The summed E-state index contributed by atoms with van der Waals surface area (Å²) in [6, 6.07) is 12.4. The molecule has 0 aliphatic carbocycles. The maximum atomic E-state index is 12.5. The van der Waals surface area contributed by atoms with Crippen LogP contribution in [0.4, 0.5) is 5.69 Å². The van der Waals surface area contributed by atoms with E-state index >= 15 is 0 Å². The predicted molar refractivity (Wildman–Crippen MR) is 121 cm³/mol. The van der Waals surface area contributed by atoms with E-state index in [0.717, 1.165) is 5.56 Å². The second-order valence-corrected chi connectivity index (χ2v) is 7.19. The fraction of sp³-hybridized carbons (Fsp3) is 0.261. The summed E-state index contributed by atoms with van der Waals surface area (Å²) >= 11 is 3.41. The first kappa shape index (κ1) is 24.0. The minimum Gasteiger partial charge on any atom is -0.490 e. The first-order chi connectivity index (χ1) is 14.9. The third-order valence-electron chi connectivity index (χ3n) is 3.99. The molecule has 0 aromatic heterocycles. The van der Waals surface area contributed by atoms with E-state index in [1.807, 2.05) is 32.0 Å². The number of amides is 1. The van der Waals surface area contributed by atoms with E-state index < -0.39 is 11.9 Å². The Bertz CT molecular complexity index is 1010. The minimum absolute atomic E-state index is 0.0797. The van der Waals surface area contributed by atoms with Gasteiger partial charge in [0, 0.05) is 10.2 Å². The van der Waals surface area contributed by atoms with Crippen molar-refractivity contribution in [1.29, 1.82) is 5.26 Å². The Balaban J connectivity index is 2.27. The number of carbonyl (C=O) groups is 2. The Hall–Kier alpha value is -3.31. The van der Waals surface area contributed by atoms with Gasteiger partial charge in [-0.2, -0.15) is 5.26 Å². The van der Waals surface area contributed by atoms with Crippen LogP contribution in [0.3, 0.4) is 0 Å². The second kappa shape index (κ2) is 11.8. The second-order valence-electron chi connectivity index (χ2n) is 6.34. The molecule has 2 aromatic carbocycles. The summed E-state index contributed by atoms with van der Waals surface area (Å²) < 4.78 is 16.5. The lowest BCUT2D eigenvalue weighted by Gasteiger charge is -2.14. The number of rotatable bonds is 9. The lowest BCUT2D eigenvalue weighted by Crippen LogP contribution is -2.15. The van der Waals surface area contributed by atoms with Crippen LogP contribution >= 0.6 is 15.9 Å². The van der Waals surface area contributed by atoms with Crippen LogP contribution in [0.15, 0.2) is 46.4 Å². The molecule has 0 saturated heterocycles. The summed E-state index contributed by atoms with van der Waals surface area (Å²) in [6.45, 7) is 5.82. The van der Waals surface area contributed by atoms with Crippen molar-refractivity contribution in [3.05, 3.63) is 57.6 Å². The number of ether oxygens (including phenoxy) is 3. The summed E-state index contributed by atoms with van der Waals surface area (Å²) in [5.41, 5.74) is 2.12. The van der Waals surface area contributed by atoms with Gasteiger partial charge in [-0.05, 0) is 56.7 Å². The fourth-order valence-electron chi connectivity index (χ4n) is 2.52. The van der Waals surface area contributed by atoms with Crippen molar-refractivity contribution in [2.75, 3.05) is 25.1 Å². The Labute approximate surface area is 189 Å². The Morgan fingerprint density at radius 1 is 1.10 bits per heavy atom. The van der Waals surface area contributed by atoms with Crippen LogP contribution < -0.4 is 14.8 Å². The number of carbonyl (C=O) groups excluding carboxylic acids is 2. The number of halogens is 1. The zero-order valence-electron chi connectivity index (χ0n) is 17.5. The minimum atomic E-state index is -0.529. The molecule has 0 radical (unpaired) electrons. The molecular formula is C23H23BrN2O5. The number of anilines is 1. The number of esters is 1. The van der Waals surface area contributed by atoms with Crippen LogP contribution in [-0.2, 0) is 14.3 Å². The number of benzene rings is 2. The van der Waals surface area contributed by atoms with Gasteiger partial charge >= 0.3 is 5.97 Å². The van der Waals surface area contributed by atoms with E-state index in [1.165, 1.54) is 6.08 Å². The highest BCUT2D eigenvalue weighted by Crippen LogP contribution is 2.35. The molecule has 1 amide bonds. The SMILES string of the molecule is CCOC(=O)COc1cc(Br)c(/C=C(\C#N)C(=O)Nc2ccc(C)cc2)cc1OCC. The lowest BCUT2D eigenvalue weighted by atomic mass is 10.1. The highest BCUT2D eigenvalue weighted by atomic mass is 79.9. The van der Waals surface area contributed by atoms with Crippen LogP contribution in [-0.4, -0.2) is 31.7 Å². The number of hydrogen-bond donors (Lipinski definition) is 1. The van der Waals surface area contributed by atoms with Crippen molar-refractivity contribution < 1.29 is 23.8 Å². The molecule has 7 nitrogen and oxygen atoms in total. The van der Waals surface area contributed by atoms with Crippen molar-refractivity contribution in [2.24, 2.45) is 0 Å². The third kappa shape index (κ3) is 7.15. The molecule has 31 heavy (non-hydrogen) atoms. The third-order valence-corrected chi connectivity index (χ3v) is 4.67. The van der Waals surface area contributed by atoms with Crippen molar-refractivity contribution in [3.8, 4) is 17.6 Å². The predicted octanol–water partition coefficient (Wildman–Crippen LogP) is 4.64. The smallest absolute Gasteiger partial charge is 0.344 e. The molecule has 0 unspecified atom stereocenters. The Kier molecular flexibility index (Phi) is 9.10. The monoisotopic (exact) mass is 486 g/mol. The van der Waals surface area contributed by atoms with Crippen LogP contribution in [0, 0.1) is 18.3 Å². The van der Waals surface area contributed by atoms with Crippen molar-refractivity contribution in [2.45, 2.75) is 20.8 Å². The Morgan fingerprint density at radius 3 is 2.39 bits per heavy atom. The maximum absolute atomic E-state index is 12.5. The molecule has 1 N–H and O–H groups in total. The molecular weight excluding hydrogens is 464 g/mol. The van der Waals surface area contributed by atoms with Gasteiger partial charge in [0.05, 0.1) is 13.2 Å². The van der Waals surface area contributed by atoms with E-state index in [9.17, 15) is 14.9 Å². The molecule has 0 saturated carbocycles. The molecule has 2 aromatic rings. The molecule has 0 atom stereocenters. The van der Waals surface area contributed by atoms with E-state index in [-0.39, 0.29) is 18.8 Å². The van der Waals surface area contributed by atoms with Gasteiger partial charge in [0.1, 0.15) is 11.6 Å². The molecule has 0 fully saturated rings. The van der Waals surface area contributed by atoms with Crippen molar-refractivity contribution >= 4 is 39.6 Å². The molecule has 162 valence electrons. The Morgan fingerprint density at radius 2 is 1.77 bits per heavy atom. The fourth-order valence-corrected chi connectivity index (χ4v) is 2.96. The first-order valence-corrected chi connectivity index (χ1v) is 10.4. The van der Waals surface area contributed by atoms with Crippen molar-refractivity contribution in [3.63, 3.8) is 0 Å².